The van der Waals surface area contributed by atoms with Gasteiger partial charge in [-0.3, -0.25) is 13.8 Å². The molecule has 0 aromatic rings. The fraction of sp³-hybridized carbons (Fsp3) is 0.618. The molecule has 0 saturated carbocycles. The van der Waals surface area contributed by atoms with Gasteiger partial charge in [0, 0.05) is 13.0 Å². The summed E-state index contributed by atoms with van der Waals surface area (Å²) in [4.78, 5) is 22.4. The monoisotopic (exact) mass is 622 g/mol. The van der Waals surface area contributed by atoms with Crippen LogP contribution in [-0.2, 0) is 18.4 Å². The molecule has 0 aliphatic heterocycles. The van der Waals surface area contributed by atoms with Gasteiger partial charge in [0.25, 0.3) is 0 Å². The zero-order valence-corrected chi connectivity index (χ0v) is 27.6. The topological polar surface area (TPSA) is 131 Å². The summed E-state index contributed by atoms with van der Waals surface area (Å²) < 4.78 is 21.8. The molecule has 5 N–H and O–H groups in total. The smallest absolute Gasteiger partial charge is 0.387 e. The van der Waals surface area contributed by atoms with Gasteiger partial charge < -0.3 is 21.1 Å². The minimum absolute atomic E-state index is 0.0651. The number of rotatable bonds is 28. The third-order valence-corrected chi connectivity index (χ3v) is 7.27. The molecule has 0 aromatic carbocycles. The summed E-state index contributed by atoms with van der Waals surface area (Å²) in [6.07, 6.45) is 36.9. The average molecular weight is 623 g/mol. The number of nitrogens with one attached hydrogen (secondary N) is 1. The van der Waals surface area contributed by atoms with Crippen molar-refractivity contribution in [2.24, 2.45) is 5.73 Å². The van der Waals surface area contributed by atoms with Gasteiger partial charge in [0.05, 0.1) is 25.4 Å². The van der Waals surface area contributed by atoms with Crippen LogP contribution in [0.1, 0.15) is 104 Å². The molecule has 9 heteroatoms. The number of unbranched alkanes of at least 4 members (excludes halogenated alkanes) is 6. The number of carbonyl (C=O) groups is 1. The van der Waals surface area contributed by atoms with E-state index in [9.17, 15) is 19.4 Å². The number of allylic oxidation sites excluding steroid dienone is 11. The molecule has 0 radical (unpaired) electrons. The number of nitrogens with two attached hydrogens (primary N) is 1. The predicted octanol–water partition coefficient (Wildman–Crippen LogP) is 7.76. The van der Waals surface area contributed by atoms with Crippen molar-refractivity contribution in [1.29, 1.82) is 0 Å². The Labute approximate surface area is 261 Å². The Morgan fingerprint density at radius 1 is 0.791 bits per heavy atom. The summed E-state index contributed by atoms with van der Waals surface area (Å²) in [5, 5.41) is 13.4. The van der Waals surface area contributed by atoms with E-state index in [1.54, 1.807) is 6.08 Å². The first kappa shape index (κ1) is 40.9. The first-order chi connectivity index (χ1) is 20.9. The highest BCUT2D eigenvalue weighted by molar-refractivity contribution is 7.47. The molecule has 0 spiro atoms. The maximum atomic E-state index is 12.6. The summed E-state index contributed by atoms with van der Waals surface area (Å²) in [6.45, 7) is 3.86. The highest BCUT2D eigenvalue weighted by Gasteiger charge is 2.26. The van der Waals surface area contributed by atoms with E-state index >= 15 is 0 Å². The van der Waals surface area contributed by atoms with Crippen molar-refractivity contribution in [1.82, 2.24) is 5.32 Å². The van der Waals surface area contributed by atoms with Gasteiger partial charge in [-0.15, -0.1) is 0 Å². The van der Waals surface area contributed by atoms with Gasteiger partial charge in [-0.2, -0.15) is 0 Å². The molecule has 0 bridgehead atoms. The lowest BCUT2D eigenvalue weighted by Crippen LogP contribution is -2.45. The quantitative estimate of drug-likeness (QED) is 0.0398. The van der Waals surface area contributed by atoms with E-state index in [1.165, 1.54) is 19.3 Å². The number of amides is 1. The van der Waals surface area contributed by atoms with Gasteiger partial charge in [0.1, 0.15) is 0 Å². The highest BCUT2D eigenvalue weighted by Crippen LogP contribution is 2.43. The van der Waals surface area contributed by atoms with Crippen molar-refractivity contribution in [2.45, 2.75) is 116 Å². The number of phosphoric acid groups is 1. The van der Waals surface area contributed by atoms with Gasteiger partial charge in [-0.25, -0.2) is 4.57 Å². The fourth-order valence-electron chi connectivity index (χ4n) is 3.87. The molecule has 8 nitrogen and oxygen atoms in total. The lowest BCUT2D eigenvalue weighted by molar-refractivity contribution is -0.122. The Balaban J connectivity index is 4.46. The van der Waals surface area contributed by atoms with E-state index in [0.717, 1.165) is 57.8 Å². The summed E-state index contributed by atoms with van der Waals surface area (Å²) in [5.74, 6) is -0.261. The molecular formula is C34H59N2O6P. The number of hydrogen-bond donors (Lipinski definition) is 4. The molecule has 0 rings (SSSR count). The Hall–Kier alpha value is -2.06. The normalized spacial score (nSPS) is 15.6. The lowest BCUT2D eigenvalue weighted by Gasteiger charge is -2.23. The molecule has 0 fully saturated rings. The number of phosphoric ester groups is 1. The number of carbonyl (C=O) groups excluding carboxylic acids is 1. The second-order valence-corrected chi connectivity index (χ2v) is 11.7. The summed E-state index contributed by atoms with van der Waals surface area (Å²) in [6, 6.07) is -0.889. The van der Waals surface area contributed by atoms with Crippen LogP contribution < -0.4 is 11.1 Å². The summed E-state index contributed by atoms with van der Waals surface area (Å²) in [5.41, 5.74) is 5.32. The van der Waals surface area contributed by atoms with Crippen LogP contribution in [0.4, 0.5) is 0 Å². The maximum Gasteiger partial charge on any atom is 0.472 e. The van der Waals surface area contributed by atoms with E-state index in [0.29, 0.717) is 6.42 Å². The zero-order chi connectivity index (χ0) is 31.9. The SMILES string of the molecule is CC/C=C\C/C=C\C/C=C\C/C=C\C/C=C\CCCC(=O)NC(COP(=O)(O)OCCN)C(O)/C=C/CCCCCCC. The van der Waals surface area contributed by atoms with Crippen molar-refractivity contribution in [2.75, 3.05) is 19.8 Å². The minimum Gasteiger partial charge on any atom is -0.387 e. The van der Waals surface area contributed by atoms with E-state index in [4.69, 9.17) is 14.8 Å². The Morgan fingerprint density at radius 2 is 1.35 bits per heavy atom. The third kappa shape index (κ3) is 28.5. The summed E-state index contributed by atoms with van der Waals surface area (Å²) >= 11 is 0. The predicted molar refractivity (Wildman–Crippen MR) is 180 cm³/mol. The molecule has 0 saturated heterocycles. The second kappa shape index (κ2) is 30.0. The van der Waals surface area contributed by atoms with Crippen LogP contribution in [0.5, 0.6) is 0 Å². The number of hydrogen-bond acceptors (Lipinski definition) is 6. The molecule has 3 atom stereocenters. The summed E-state index contributed by atoms with van der Waals surface area (Å²) in [7, 11) is -4.34. The molecule has 3 unspecified atom stereocenters. The van der Waals surface area contributed by atoms with Crippen molar-refractivity contribution in [3.63, 3.8) is 0 Å². The Bertz CT molecular complexity index is 897. The molecule has 43 heavy (non-hydrogen) atoms. The van der Waals surface area contributed by atoms with Crippen LogP contribution in [-0.4, -0.2) is 47.8 Å². The van der Waals surface area contributed by atoms with E-state index in [1.807, 2.05) is 6.08 Å². The molecular weight excluding hydrogens is 563 g/mol. The van der Waals surface area contributed by atoms with E-state index in [2.05, 4.69) is 79.9 Å². The van der Waals surface area contributed by atoms with E-state index < -0.39 is 20.0 Å². The number of aliphatic hydroxyl groups excluding tert-OH is 1. The number of aliphatic hydroxyl groups is 1. The second-order valence-electron chi connectivity index (χ2n) is 10.3. The standard InChI is InChI=1S/C34H59N2O6P/c1-3-5-7-9-11-12-13-14-15-16-17-18-19-20-22-24-26-28-34(38)36-32(31-42-43(39,40)41-30-29-35)33(37)27-25-23-21-10-8-6-4-2/h5,7,11-12,14-15,17-18,20,22,25,27,32-33,37H,3-4,6,8-10,13,16,19,21,23-24,26,28-31,35H2,1-2H3,(H,36,38)(H,39,40)/b7-5-,12-11-,15-14-,18-17-,22-20-,27-25+. The van der Waals surface area contributed by atoms with Crippen LogP contribution >= 0.6 is 7.82 Å². The zero-order valence-electron chi connectivity index (χ0n) is 26.7. The van der Waals surface area contributed by atoms with E-state index in [-0.39, 0.29) is 32.1 Å². The van der Waals surface area contributed by atoms with Gasteiger partial charge in [0.2, 0.25) is 5.91 Å². The van der Waals surface area contributed by atoms with Crippen molar-refractivity contribution >= 4 is 13.7 Å². The average Bonchev–Trinajstić information content (AvgIpc) is 2.99. The molecule has 1 amide bonds. The first-order valence-corrected chi connectivity index (χ1v) is 17.6. The Morgan fingerprint density at radius 3 is 1.93 bits per heavy atom. The van der Waals surface area contributed by atoms with Crippen LogP contribution in [0, 0.1) is 0 Å². The highest BCUT2D eigenvalue weighted by atomic mass is 31.2. The maximum absolute atomic E-state index is 12.6. The molecule has 0 heterocycles. The van der Waals surface area contributed by atoms with Crippen molar-refractivity contribution < 1.29 is 28.4 Å². The molecule has 246 valence electrons. The largest absolute Gasteiger partial charge is 0.472 e. The van der Waals surface area contributed by atoms with Crippen molar-refractivity contribution in [3.05, 3.63) is 72.9 Å². The van der Waals surface area contributed by atoms with Crippen LogP contribution in [0.3, 0.4) is 0 Å². The first-order valence-electron chi connectivity index (χ1n) is 16.1. The van der Waals surface area contributed by atoms with Crippen LogP contribution in [0.15, 0.2) is 72.9 Å². The molecule has 0 aromatic heterocycles. The van der Waals surface area contributed by atoms with Crippen molar-refractivity contribution in [3.8, 4) is 0 Å². The molecule has 0 aliphatic rings. The fourth-order valence-corrected chi connectivity index (χ4v) is 4.63. The van der Waals surface area contributed by atoms with Gasteiger partial charge in [-0.1, -0.05) is 112 Å². The Kier molecular flexibility index (Phi) is 28.6. The van der Waals surface area contributed by atoms with Crippen LogP contribution in [0.25, 0.3) is 0 Å². The van der Waals surface area contributed by atoms with Gasteiger partial charge >= 0.3 is 7.82 Å². The van der Waals surface area contributed by atoms with Gasteiger partial charge in [0.15, 0.2) is 0 Å². The minimum atomic E-state index is -4.34. The molecule has 0 aliphatic carbocycles. The van der Waals surface area contributed by atoms with Crippen LogP contribution in [0.2, 0.25) is 0 Å². The lowest BCUT2D eigenvalue weighted by atomic mass is 10.1. The van der Waals surface area contributed by atoms with Gasteiger partial charge in [-0.05, 0) is 57.8 Å². The third-order valence-electron chi connectivity index (χ3n) is 6.29.